The van der Waals surface area contributed by atoms with Gasteiger partial charge in [0.2, 0.25) is 0 Å². The van der Waals surface area contributed by atoms with Gasteiger partial charge in [0.05, 0.1) is 0 Å². The van der Waals surface area contributed by atoms with Crippen LogP contribution in [0, 0.1) is 29.6 Å². The molecular formula is C10H14ClN3O. The monoisotopic (exact) mass is 227 g/mol. The first-order valence-electron chi connectivity index (χ1n) is 5.35. The number of urea groups is 1. The highest BCUT2D eigenvalue weighted by Crippen LogP contribution is 2.74. The van der Waals surface area contributed by atoms with E-state index in [2.05, 4.69) is 10.5 Å². The zero-order valence-corrected chi connectivity index (χ0v) is 9.24. The first kappa shape index (κ1) is 9.46. The van der Waals surface area contributed by atoms with E-state index in [4.69, 9.17) is 17.3 Å². The molecule has 4 aliphatic rings. The zero-order valence-electron chi connectivity index (χ0n) is 8.48. The standard InChI is InChI=1S/C10H14ClN3O/c1-3(13-14-10(12)15)6-5-2-4-7(6)8(4)9(5)11/h4-9H,2H2,1H3,(H3,12,14,15)/b13-3-/t4-,5+,6-,7+,8-,9-/m1/s1. The van der Waals surface area contributed by atoms with Gasteiger partial charge >= 0.3 is 6.03 Å². The molecular weight excluding hydrogens is 214 g/mol. The predicted molar refractivity (Wildman–Crippen MR) is 57.5 cm³/mol. The lowest BCUT2D eigenvalue weighted by Gasteiger charge is -2.16. The third-order valence-corrected chi connectivity index (χ3v) is 4.93. The molecule has 4 rings (SSSR count). The number of alkyl halides is 1. The molecule has 5 heteroatoms. The van der Waals surface area contributed by atoms with E-state index in [0.717, 1.165) is 23.5 Å². The summed E-state index contributed by atoms with van der Waals surface area (Å²) < 4.78 is 0. The van der Waals surface area contributed by atoms with Gasteiger partial charge < -0.3 is 5.73 Å². The minimum Gasteiger partial charge on any atom is -0.350 e. The van der Waals surface area contributed by atoms with E-state index in [0.29, 0.717) is 17.2 Å². The molecule has 0 aliphatic heterocycles. The van der Waals surface area contributed by atoms with Crippen molar-refractivity contribution in [2.75, 3.05) is 0 Å². The third kappa shape index (κ3) is 1.14. The number of halogens is 1. The van der Waals surface area contributed by atoms with Crippen molar-refractivity contribution in [3.63, 3.8) is 0 Å². The van der Waals surface area contributed by atoms with Crippen LogP contribution in [0.2, 0.25) is 0 Å². The molecule has 0 aromatic carbocycles. The molecule has 0 unspecified atom stereocenters. The van der Waals surface area contributed by atoms with Gasteiger partial charge in [-0.05, 0) is 37.0 Å². The lowest BCUT2D eigenvalue weighted by molar-refractivity contribution is 0.249. The second-order valence-electron chi connectivity index (χ2n) is 4.92. The van der Waals surface area contributed by atoms with Gasteiger partial charge in [0.1, 0.15) is 0 Å². The molecule has 6 atom stereocenters. The van der Waals surface area contributed by atoms with Crippen LogP contribution >= 0.6 is 11.6 Å². The Kier molecular flexibility index (Phi) is 1.81. The quantitative estimate of drug-likeness (QED) is 0.415. The lowest BCUT2D eigenvalue weighted by atomic mass is 9.94. The van der Waals surface area contributed by atoms with E-state index in [1.54, 1.807) is 0 Å². The molecule has 3 N–H and O–H groups in total. The molecule has 2 amide bonds. The van der Waals surface area contributed by atoms with Crippen molar-refractivity contribution in [2.45, 2.75) is 18.7 Å². The number of hydrazone groups is 1. The largest absolute Gasteiger partial charge is 0.350 e. The Morgan fingerprint density at radius 2 is 2.20 bits per heavy atom. The van der Waals surface area contributed by atoms with E-state index >= 15 is 0 Å². The Morgan fingerprint density at radius 3 is 2.60 bits per heavy atom. The van der Waals surface area contributed by atoms with Crippen molar-refractivity contribution in [3.8, 4) is 0 Å². The highest BCUT2D eigenvalue weighted by Gasteiger charge is 2.73. The van der Waals surface area contributed by atoms with Crippen molar-refractivity contribution in [1.82, 2.24) is 5.43 Å². The Labute approximate surface area is 93.2 Å². The van der Waals surface area contributed by atoms with Gasteiger partial charge in [0.15, 0.2) is 0 Å². The molecule has 0 heterocycles. The number of carbonyl (C=O) groups is 1. The van der Waals surface area contributed by atoms with Gasteiger partial charge in [0, 0.05) is 17.0 Å². The molecule has 0 spiro atoms. The first-order chi connectivity index (χ1) is 7.11. The summed E-state index contributed by atoms with van der Waals surface area (Å²) >= 11 is 6.33. The van der Waals surface area contributed by atoms with Crippen LogP contribution in [0.3, 0.4) is 0 Å². The highest BCUT2D eigenvalue weighted by molar-refractivity contribution is 6.22. The smallest absolute Gasteiger partial charge is 0.332 e. The van der Waals surface area contributed by atoms with Crippen LogP contribution in [0.25, 0.3) is 0 Å². The Bertz CT molecular complexity index is 357. The highest BCUT2D eigenvalue weighted by atomic mass is 35.5. The third-order valence-electron chi connectivity index (χ3n) is 4.31. The van der Waals surface area contributed by atoms with Crippen LogP contribution in [0.4, 0.5) is 4.79 Å². The SMILES string of the molecule is C/C(=N/NC(N)=O)[C@@H]1[C@@H]2C[C@H]3[C@@H]([C@@H]2Cl)[C@@H]31. The maximum Gasteiger partial charge on any atom is 0.332 e. The minimum absolute atomic E-state index is 0.337. The molecule has 0 aromatic heterocycles. The fourth-order valence-electron chi connectivity index (χ4n) is 3.86. The summed E-state index contributed by atoms with van der Waals surface area (Å²) in [6.07, 6.45) is 1.25. The van der Waals surface area contributed by atoms with Crippen LogP contribution in [0.1, 0.15) is 13.3 Å². The van der Waals surface area contributed by atoms with Crippen LogP contribution in [0.15, 0.2) is 5.10 Å². The van der Waals surface area contributed by atoms with Crippen molar-refractivity contribution < 1.29 is 4.79 Å². The molecule has 4 nitrogen and oxygen atoms in total. The molecule has 4 saturated carbocycles. The van der Waals surface area contributed by atoms with Gasteiger partial charge in [-0.2, -0.15) is 5.10 Å². The number of primary amides is 1. The van der Waals surface area contributed by atoms with Gasteiger partial charge in [-0.3, -0.25) is 0 Å². The normalized spacial score (nSPS) is 50.7. The summed E-state index contributed by atoms with van der Waals surface area (Å²) in [4.78, 5) is 10.5. The molecule has 4 bridgehead atoms. The fourth-order valence-corrected chi connectivity index (χ4v) is 4.48. The maximum atomic E-state index is 10.5. The lowest BCUT2D eigenvalue weighted by Crippen LogP contribution is -2.28. The number of hydrogen-bond donors (Lipinski definition) is 2. The minimum atomic E-state index is -0.602. The Hall–Kier alpha value is -0.770. The van der Waals surface area contributed by atoms with E-state index in [-0.39, 0.29) is 0 Å². The van der Waals surface area contributed by atoms with Gasteiger partial charge in [-0.25, -0.2) is 10.2 Å². The van der Waals surface area contributed by atoms with Gasteiger partial charge in [0.25, 0.3) is 0 Å². The van der Waals surface area contributed by atoms with Crippen LogP contribution in [-0.2, 0) is 0 Å². The molecule has 4 fully saturated rings. The van der Waals surface area contributed by atoms with Crippen LogP contribution in [0.5, 0.6) is 0 Å². The van der Waals surface area contributed by atoms with Gasteiger partial charge in [-0.15, -0.1) is 11.6 Å². The predicted octanol–water partition coefficient (Wildman–Crippen LogP) is 1.15. The Balaban J connectivity index is 1.75. The number of hydrogen-bond acceptors (Lipinski definition) is 2. The number of carbonyl (C=O) groups excluding carboxylic acids is 1. The summed E-state index contributed by atoms with van der Waals surface area (Å²) in [5.41, 5.74) is 8.26. The average Bonchev–Trinajstić information content (AvgIpc) is 2.52. The van der Waals surface area contributed by atoms with Crippen molar-refractivity contribution in [3.05, 3.63) is 0 Å². The molecule has 0 aromatic rings. The number of nitrogens with two attached hydrogens (primary N) is 1. The molecule has 0 saturated heterocycles. The topological polar surface area (TPSA) is 67.5 Å². The van der Waals surface area contributed by atoms with E-state index in [1.165, 1.54) is 6.42 Å². The average molecular weight is 228 g/mol. The van der Waals surface area contributed by atoms with Gasteiger partial charge in [-0.1, -0.05) is 0 Å². The Morgan fingerprint density at radius 1 is 1.47 bits per heavy atom. The van der Waals surface area contributed by atoms with Crippen molar-refractivity contribution in [2.24, 2.45) is 40.4 Å². The summed E-state index contributed by atoms with van der Waals surface area (Å²) in [5.74, 6) is 3.34. The number of rotatable bonds is 2. The second-order valence-corrected chi connectivity index (χ2v) is 5.42. The first-order valence-corrected chi connectivity index (χ1v) is 5.78. The molecule has 0 radical (unpaired) electrons. The van der Waals surface area contributed by atoms with E-state index in [1.807, 2.05) is 6.92 Å². The number of nitrogens with zero attached hydrogens (tertiary/aromatic N) is 1. The second kappa shape index (κ2) is 2.88. The fraction of sp³-hybridized carbons (Fsp3) is 0.800. The zero-order chi connectivity index (χ0) is 10.7. The van der Waals surface area contributed by atoms with Crippen molar-refractivity contribution in [1.29, 1.82) is 0 Å². The van der Waals surface area contributed by atoms with Crippen molar-refractivity contribution >= 4 is 23.3 Å². The van der Waals surface area contributed by atoms with E-state index < -0.39 is 6.03 Å². The number of amides is 2. The van der Waals surface area contributed by atoms with Crippen LogP contribution in [-0.4, -0.2) is 17.1 Å². The molecule has 15 heavy (non-hydrogen) atoms. The number of nitrogens with one attached hydrogen (secondary N) is 1. The summed E-state index contributed by atoms with van der Waals surface area (Å²) in [6.45, 7) is 1.96. The summed E-state index contributed by atoms with van der Waals surface area (Å²) in [6, 6.07) is -0.602. The summed E-state index contributed by atoms with van der Waals surface area (Å²) in [7, 11) is 0. The molecule has 4 aliphatic carbocycles. The molecule has 82 valence electrons. The summed E-state index contributed by atoms with van der Waals surface area (Å²) in [5, 5.41) is 4.36. The maximum absolute atomic E-state index is 10.5. The van der Waals surface area contributed by atoms with E-state index in [9.17, 15) is 4.79 Å². The van der Waals surface area contributed by atoms with Crippen LogP contribution < -0.4 is 11.2 Å².